The highest BCUT2D eigenvalue weighted by Crippen LogP contribution is 2.46. The van der Waals surface area contributed by atoms with Gasteiger partial charge in [0.05, 0.1) is 27.5 Å². The monoisotopic (exact) mass is 928 g/mol. The molecule has 0 unspecified atom stereocenters. The predicted molar refractivity (Wildman–Crippen MR) is 294 cm³/mol. The Kier molecular flexibility index (Phi) is 9.12. The summed E-state index contributed by atoms with van der Waals surface area (Å²) in [6.07, 6.45) is 3.57. The van der Waals surface area contributed by atoms with Gasteiger partial charge in [-0.25, -0.2) is 9.97 Å². The summed E-state index contributed by atoms with van der Waals surface area (Å²) in [7, 11) is -3.06. The van der Waals surface area contributed by atoms with Crippen LogP contribution in [0, 0.1) is 0 Å². The van der Waals surface area contributed by atoms with E-state index in [1.165, 1.54) is 10.4 Å². The minimum Gasteiger partial charge on any atom is -0.455 e. The summed E-state index contributed by atoms with van der Waals surface area (Å²) in [6.45, 7) is 14.3. The van der Waals surface area contributed by atoms with Crippen molar-refractivity contribution in [2.75, 3.05) is 9.80 Å². The number of hydrogen-bond donors (Lipinski definition) is 0. The van der Waals surface area contributed by atoms with Crippen molar-refractivity contribution in [2.24, 2.45) is 0 Å². The van der Waals surface area contributed by atoms with Gasteiger partial charge in [0.15, 0.2) is 11.2 Å². The smallest absolute Gasteiger partial charge is 0.227 e. The largest absolute Gasteiger partial charge is 0.455 e. The number of benzene rings is 8. The predicted octanol–water partition coefficient (Wildman–Crippen LogP) is 16.5. The Balaban J connectivity index is 0.943. The van der Waals surface area contributed by atoms with Gasteiger partial charge in [0.2, 0.25) is 11.4 Å². The quantitative estimate of drug-likeness (QED) is 0.141. The second-order valence-corrected chi connectivity index (χ2v) is 30.4. The highest BCUT2D eigenvalue weighted by atomic mass is 28.3. The average Bonchev–Trinajstić information content (AvgIpc) is 4.06. The van der Waals surface area contributed by atoms with E-state index in [4.69, 9.17) is 13.3 Å². The van der Waals surface area contributed by atoms with Crippen LogP contribution in [0.25, 0.3) is 87.6 Å². The van der Waals surface area contributed by atoms with Crippen LogP contribution in [-0.4, -0.2) is 26.1 Å². The van der Waals surface area contributed by atoms with Crippen LogP contribution in [0.2, 0.25) is 39.3 Å². The molecule has 0 aliphatic rings. The number of para-hydroxylation sites is 2. The number of pyridine rings is 2. The maximum Gasteiger partial charge on any atom is 0.227 e. The Morgan fingerprint density at radius 2 is 0.710 bits per heavy atom. The van der Waals surface area contributed by atoms with E-state index in [1.807, 2.05) is 12.1 Å². The molecule has 0 aliphatic heterocycles. The zero-order valence-corrected chi connectivity index (χ0v) is 41.3. The molecule has 0 aliphatic carbocycles. The molecule has 0 bridgehead atoms. The first-order valence-electron chi connectivity index (χ1n) is 23.6. The van der Waals surface area contributed by atoms with Crippen molar-refractivity contribution in [2.45, 2.75) is 39.3 Å². The second-order valence-electron chi connectivity index (χ2n) is 20.3. The van der Waals surface area contributed by atoms with Gasteiger partial charge in [-0.3, -0.25) is 0 Å². The van der Waals surface area contributed by atoms with Gasteiger partial charge >= 0.3 is 0 Å². The van der Waals surface area contributed by atoms with Crippen LogP contribution in [-0.2, 0) is 0 Å². The summed E-state index contributed by atoms with van der Waals surface area (Å²) in [5, 5.41) is 13.3. The molecular formula is C60H48N4O3Si2. The molecule has 0 amide bonds. The summed E-state index contributed by atoms with van der Waals surface area (Å²) < 4.78 is 20.1. The molecule has 0 N–H and O–H groups in total. The van der Waals surface area contributed by atoms with E-state index in [-0.39, 0.29) is 0 Å². The van der Waals surface area contributed by atoms with Crippen LogP contribution in [0.1, 0.15) is 0 Å². The summed E-state index contributed by atoms with van der Waals surface area (Å²) >= 11 is 0. The van der Waals surface area contributed by atoms with Gasteiger partial charge in [0, 0.05) is 78.2 Å². The second kappa shape index (κ2) is 15.3. The first kappa shape index (κ1) is 41.2. The van der Waals surface area contributed by atoms with Gasteiger partial charge in [-0.2, -0.15) is 0 Å². The zero-order chi connectivity index (χ0) is 46.8. The topological polar surface area (TPSA) is 71.7 Å². The van der Waals surface area contributed by atoms with Crippen molar-refractivity contribution in [3.8, 4) is 0 Å². The van der Waals surface area contributed by atoms with Crippen LogP contribution >= 0.6 is 0 Å². The van der Waals surface area contributed by atoms with E-state index in [0.717, 1.165) is 110 Å². The minimum atomic E-state index is -1.53. The standard InChI is InChI=1S/C60H48N4O3Si2/c1-68(2,3)43-25-19-39(20-26-43)63(53-15-7-11-47-51-13-9-33-61-59(51)66-57(47)53)41-23-31-45-37(35-41)17-29-49-50-30-18-38-36-42(24-32-46(38)56(50)65-55(45)49)64(40-21-27-44(28-22-40)69(4,5)6)54-16-8-12-48-52-14-10-34-62-60(52)67-58(48)54/h7-36H,1-6H3. The highest BCUT2D eigenvalue weighted by molar-refractivity contribution is 6.89. The number of rotatable bonds is 8. The van der Waals surface area contributed by atoms with Crippen LogP contribution in [0.4, 0.5) is 34.1 Å². The third kappa shape index (κ3) is 6.67. The van der Waals surface area contributed by atoms with E-state index in [9.17, 15) is 0 Å². The maximum atomic E-state index is 7.03. The zero-order valence-electron chi connectivity index (χ0n) is 39.3. The van der Waals surface area contributed by atoms with Crippen molar-refractivity contribution in [1.82, 2.24) is 9.97 Å². The van der Waals surface area contributed by atoms with Gasteiger partial charge < -0.3 is 23.1 Å². The summed E-state index contributed by atoms with van der Waals surface area (Å²) in [4.78, 5) is 13.8. The summed E-state index contributed by atoms with van der Waals surface area (Å²) in [6, 6.07) is 61.2. The molecule has 0 saturated carbocycles. The van der Waals surface area contributed by atoms with Crippen molar-refractivity contribution in [3.63, 3.8) is 0 Å². The lowest BCUT2D eigenvalue weighted by atomic mass is 10.0. The first-order valence-corrected chi connectivity index (χ1v) is 30.6. The van der Waals surface area contributed by atoms with E-state index in [0.29, 0.717) is 11.4 Å². The molecule has 5 heterocycles. The van der Waals surface area contributed by atoms with E-state index in [1.54, 1.807) is 12.4 Å². The fourth-order valence-electron chi connectivity index (χ4n) is 10.3. The van der Waals surface area contributed by atoms with Crippen LogP contribution in [0.15, 0.2) is 196 Å². The number of aromatic nitrogens is 2. The normalized spacial score (nSPS) is 12.5. The number of hydrogen-bond acceptors (Lipinski definition) is 7. The molecule has 0 atom stereocenters. The molecule has 9 heteroatoms. The van der Waals surface area contributed by atoms with Gasteiger partial charge in [0.1, 0.15) is 11.2 Å². The third-order valence-corrected chi connectivity index (χ3v) is 18.0. The van der Waals surface area contributed by atoms with Crippen LogP contribution in [0.5, 0.6) is 0 Å². The van der Waals surface area contributed by atoms with Crippen LogP contribution in [0.3, 0.4) is 0 Å². The lowest BCUT2D eigenvalue weighted by Gasteiger charge is -2.27. The Morgan fingerprint density at radius 3 is 1.13 bits per heavy atom. The van der Waals surface area contributed by atoms with Gasteiger partial charge in [0.25, 0.3) is 0 Å². The minimum absolute atomic E-state index is 0.631. The Labute approximate surface area is 400 Å². The first-order chi connectivity index (χ1) is 33.5. The molecule has 13 aromatic rings. The lowest BCUT2D eigenvalue weighted by molar-refractivity contribution is 0.654. The number of fused-ring (bicyclic) bond motifs is 13. The van der Waals surface area contributed by atoms with Crippen molar-refractivity contribution >= 4 is 148 Å². The van der Waals surface area contributed by atoms with E-state index >= 15 is 0 Å². The summed E-state index contributed by atoms with van der Waals surface area (Å²) in [5.74, 6) is 0. The fourth-order valence-corrected chi connectivity index (χ4v) is 12.6. The molecule has 7 nitrogen and oxygen atoms in total. The maximum absolute atomic E-state index is 7.03. The van der Waals surface area contributed by atoms with Crippen molar-refractivity contribution < 1.29 is 13.3 Å². The highest BCUT2D eigenvalue weighted by Gasteiger charge is 2.25. The Hall–Kier alpha value is -7.99. The summed E-state index contributed by atoms with van der Waals surface area (Å²) in [5.41, 5.74) is 10.7. The molecule has 0 radical (unpaired) electrons. The third-order valence-electron chi connectivity index (χ3n) is 13.9. The molecular weight excluding hydrogens is 881 g/mol. The molecule has 8 aromatic carbocycles. The van der Waals surface area contributed by atoms with Gasteiger partial charge in [-0.05, 0) is 120 Å². The van der Waals surface area contributed by atoms with Crippen molar-refractivity contribution in [3.05, 3.63) is 182 Å². The SMILES string of the molecule is C[Si](C)(C)c1ccc(N(c2ccc3c(ccc4c5ccc6cc(N(c7ccc([Si](C)(C)C)cc7)c7cccc8c7oc7ncccc78)ccc6c5oc34)c2)c2cccc3c2oc2ncccc23)cc1. The van der Waals surface area contributed by atoms with E-state index < -0.39 is 16.1 Å². The molecule has 334 valence electrons. The average molecular weight is 929 g/mol. The Morgan fingerprint density at radius 1 is 0.333 bits per heavy atom. The van der Waals surface area contributed by atoms with Crippen LogP contribution < -0.4 is 20.2 Å². The van der Waals surface area contributed by atoms with Crippen molar-refractivity contribution in [1.29, 1.82) is 0 Å². The molecule has 0 saturated heterocycles. The fraction of sp³-hybridized carbons (Fsp3) is 0.100. The molecule has 13 rings (SSSR count). The number of furan rings is 3. The molecule has 5 aromatic heterocycles. The number of anilines is 6. The number of nitrogens with zero attached hydrogens (tertiary/aromatic N) is 4. The molecule has 69 heavy (non-hydrogen) atoms. The van der Waals surface area contributed by atoms with Gasteiger partial charge in [-0.1, -0.05) is 110 Å². The lowest BCUT2D eigenvalue weighted by Crippen LogP contribution is -2.37. The molecule has 0 spiro atoms. The van der Waals surface area contributed by atoms with Gasteiger partial charge in [-0.15, -0.1) is 0 Å². The Bertz CT molecular complexity index is 3910. The van der Waals surface area contributed by atoms with E-state index in [2.05, 4.69) is 217 Å². The molecule has 0 fully saturated rings.